The predicted molar refractivity (Wildman–Crippen MR) is 152 cm³/mol. The van der Waals surface area contributed by atoms with Crippen molar-refractivity contribution in [1.29, 1.82) is 0 Å². The summed E-state index contributed by atoms with van der Waals surface area (Å²) in [6.07, 6.45) is 1.27. The van der Waals surface area contributed by atoms with Crippen LogP contribution in [0.15, 0.2) is 36.4 Å². The van der Waals surface area contributed by atoms with E-state index in [-0.39, 0.29) is 25.2 Å². The lowest BCUT2D eigenvalue weighted by Crippen LogP contribution is -2.48. The van der Waals surface area contributed by atoms with Gasteiger partial charge in [-0.05, 0) is 61.9 Å². The lowest BCUT2D eigenvalue weighted by molar-refractivity contribution is 0.0714. The highest BCUT2D eigenvalue weighted by atomic mass is 19.1. The number of imidazole rings is 1. The summed E-state index contributed by atoms with van der Waals surface area (Å²) < 4.78 is 23.8. The number of alkyl halides is 1. The zero-order chi connectivity index (χ0) is 28.8. The van der Waals surface area contributed by atoms with Gasteiger partial charge in [0.25, 0.3) is 5.91 Å². The van der Waals surface area contributed by atoms with Gasteiger partial charge in [0.05, 0.1) is 34.9 Å². The monoisotopic (exact) mass is 563 g/mol. The summed E-state index contributed by atoms with van der Waals surface area (Å²) in [5.74, 6) is 1.82. The molecule has 1 aliphatic carbocycles. The van der Waals surface area contributed by atoms with Crippen LogP contribution >= 0.6 is 0 Å². The number of fused-ring (bicyclic) bond motifs is 3. The number of hydrogen-bond donors (Lipinski definition) is 3. The Morgan fingerprint density at radius 3 is 2.78 bits per heavy atom. The number of nitrogens with zero attached hydrogens (tertiary/aromatic N) is 4. The molecule has 2 aliphatic rings. The van der Waals surface area contributed by atoms with Crippen molar-refractivity contribution in [2.45, 2.75) is 44.9 Å². The van der Waals surface area contributed by atoms with Gasteiger partial charge < -0.3 is 34.3 Å². The number of nitrogens with one attached hydrogen (secondary N) is 1. The second-order valence-electron chi connectivity index (χ2n) is 11.2. The number of rotatable bonds is 10. The summed E-state index contributed by atoms with van der Waals surface area (Å²) in [5, 5.41) is 21.7. The quantitative estimate of drug-likeness (QED) is 0.269. The van der Waals surface area contributed by atoms with Gasteiger partial charge in [0.15, 0.2) is 5.82 Å². The van der Waals surface area contributed by atoms with E-state index in [1.165, 1.54) is 17.7 Å². The highest BCUT2D eigenvalue weighted by Crippen LogP contribution is 2.39. The zero-order valence-electron chi connectivity index (χ0n) is 23.1. The number of aryl methyl sites for hydroxylation is 1. The van der Waals surface area contributed by atoms with Crippen molar-refractivity contribution in [2.75, 3.05) is 26.4 Å². The number of aromatic nitrogens is 3. The Kier molecular flexibility index (Phi) is 7.06. The number of carbonyl (C=O) groups is 2. The largest absolute Gasteiger partial charge is 0.486 e. The minimum atomic E-state index is -1.32. The van der Waals surface area contributed by atoms with Crippen LogP contribution < -0.4 is 10.1 Å². The van der Waals surface area contributed by atoms with Crippen molar-refractivity contribution in [3.05, 3.63) is 47.5 Å². The van der Waals surface area contributed by atoms with Crippen molar-refractivity contribution in [1.82, 2.24) is 24.3 Å². The molecule has 3 heterocycles. The van der Waals surface area contributed by atoms with E-state index < -0.39 is 18.8 Å². The van der Waals surface area contributed by atoms with Gasteiger partial charge in [-0.3, -0.25) is 4.79 Å². The van der Waals surface area contributed by atoms with E-state index in [0.29, 0.717) is 30.0 Å². The first-order chi connectivity index (χ1) is 19.8. The van der Waals surface area contributed by atoms with Crippen molar-refractivity contribution in [2.24, 2.45) is 13.0 Å². The standard InChI is InChI=1S/C30H34FN5O5/c1-17(16-37)41-26-5-3-4-20-11-25(36(27(20)26)14-18-6-7-18)28-33-23-12-22-19(10-24(23)34(28)2)8-9-35(29(22)38)15-21(13-31)32-30(39)40/h3-5,10-12,17-18,21,32,37H,6-9,13-16H2,1-2H3,(H,39,40). The number of para-hydroxylation sites is 1. The van der Waals surface area contributed by atoms with Crippen LogP contribution in [-0.4, -0.2) is 79.7 Å². The van der Waals surface area contributed by atoms with Crippen LogP contribution in [0.4, 0.5) is 9.18 Å². The summed E-state index contributed by atoms with van der Waals surface area (Å²) in [4.78, 5) is 30.9. The third kappa shape index (κ3) is 5.10. The molecule has 0 spiro atoms. The van der Waals surface area contributed by atoms with Crippen LogP contribution in [0.3, 0.4) is 0 Å². The van der Waals surface area contributed by atoms with Gasteiger partial charge in [-0.25, -0.2) is 14.2 Å². The molecule has 0 radical (unpaired) electrons. The van der Waals surface area contributed by atoms with E-state index in [1.807, 2.05) is 32.2 Å². The van der Waals surface area contributed by atoms with Crippen LogP contribution in [0.25, 0.3) is 33.5 Å². The first kappa shape index (κ1) is 27.1. The number of amides is 2. The Balaban J connectivity index is 1.40. The Labute approximate surface area is 236 Å². The normalized spacial score (nSPS) is 16.7. The van der Waals surface area contributed by atoms with E-state index in [1.54, 1.807) is 6.07 Å². The zero-order valence-corrected chi connectivity index (χ0v) is 23.1. The number of carboxylic acid groups (broad SMARTS) is 1. The smallest absolute Gasteiger partial charge is 0.405 e. The molecule has 2 amide bonds. The molecule has 10 nitrogen and oxygen atoms in total. The first-order valence-corrected chi connectivity index (χ1v) is 14.0. The third-order valence-corrected chi connectivity index (χ3v) is 8.06. The van der Waals surface area contributed by atoms with Crippen LogP contribution in [0.2, 0.25) is 0 Å². The second kappa shape index (κ2) is 10.7. The van der Waals surface area contributed by atoms with Crippen LogP contribution in [-0.2, 0) is 20.0 Å². The maximum absolute atomic E-state index is 13.4. The number of ether oxygens (including phenoxy) is 1. The molecule has 1 saturated carbocycles. The van der Waals surface area contributed by atoms with E-state index in [4.69, 9.17) is 14.8 Å². The maximum Gasteiger partial charge on any atom is 0.405 e. The molecule has 1 aliphatic heterocycles. The molecular formula is C30H34FN5O5. The topological polar surface area (TPSA) is 122 Å². The average molecular weight is 564 g/mol. The molecule has 216 valence electrons. The average Bonchev–Trinajstić information content (AvgIpc) is 3.62. The molecule has 3 N–H and O–H groups in total. The predicted octanol–water partition coefficient (Wildman–Crippen LogP) is 3.97. The summed E-state index contributed by atoms with van der Waals surface area (Å²) in [6.45, 7) is 2.04. The van der Waals surface area contributed by atoms with E-state index in [2.05, 4.69) is 26.6 Å². The number of carbonyl (C=O) groups excluding carboxylic acids is 1. The van der Waals surface area contributed by atoms with Crippen LogP contribution in [0.5, 0.6) is 5.75 Å². The highest BCUT2D eigenvalue weighted by molar-refractivity contribution is 6.01. The van der Waals surface area contributed by atoms with E-state index in [0.717, 1.165) is 45.8 Å². The fraction of sp³-hybridized carbons (Fsp3) is 0.433. The Morgan fingerprint density at radius 2 is 2.07 bits per heavy atom. The molecule has 2 unspecified atom stereocenters. The van der Waals surface area contributed by atoms with Crippen molar-refractivity contribution in [3.63, 3.8) is 0 Å². The summed E-state index contributed by atoms with van der Waals surface area (Å²) >= 11 is 0. The van der Waals surface area contributed by atoms with Gasteiger partial charge in [0.1, 0.15) is 18.5 Å². The van der Waals surface area contributed by atoms with Crippen molar-refractivity contribution in [3.8, 4) is 17.3 Å². The summed E-state index contributed by atoms with van der Waals surface area (Å²) in [6, 6.07) is 10.9. The fourth-order valence-corrected chi connectivity index (χ4v) is 5.76. The third-order valence-electron chi connectivity index (χ3n) is 8.06. The minimum absolute atomic E-state index is 0.0346. The molecule has 1 fully saturated rings. The fourth-order valence-electron chi connectivity index (χ4n) is 5.76. The maximum atomic E-state index is 13.4. The SMILES string of the molecule is CC(CO)Oc1cccc2cc(-c3nc4cc5c(cc4n3C)CCN(CC(CF)NC(=O)O)C5=O)n(CC3CC3)c12. The second-order valence-corrected chi connectivity index (χ2v) is 11.2. The van der Waals surface area contributed by atoms with E-state index >= 15 is 0 Å². The molecule has 6 rings (SSSR count). The Morgan fingerprint density at radius 1 is 1.27 bits per heavy atom. The summed E-state index contributed by atoms with van der Waals surface area (Å²) in [5.41, 5.74) is 4.91. The molecule has 0 saturated heterocycles. The number of hydrogen-bond acceptors (Lipinski definition) is 5. The minimum Gasteiger partial charge on any atom is -0.486 e. The summed E-state index contributed by atoms with van der Waals surface area (Å²) in [7, 11) is 1.97. The lowest BCUT2D eigenvalue weighted by atomic mass is 9.97. The number of aliphatic hydroxyl groups excluding tert-OH is 1. The van der Waals surface area contributed by atoms with Gasteiger partial charge in [0.2, 0.25) is 0 Å². The molecule has 41 heavy (non-hydrogen) atoms. The van der Waals surface area contributed by atoms with Crippen LogP contribution in [0.1, 0.15) is 35.7 Å². The number of halogens is 1. The highest BCUT2D eigenvalue weighted by Gasteiger charge is 2.30. The lowest BCUT2D eigenvalue weighted by Gasteiger charge is -2.31. The van der Waals surface area contributed by atoms with Crippen molar-refractivity contribution >= 4 is 33.9 Å². The molecule has 2 aromatic heterocycles. The molecule has 11 heteroatoms. The Hall–Kier alpha value is -4.12. The van der Waals surface area contributed by atoms with Gasteiger partial charge in [-0.15, -0.1) is 0 Å². The molecule has 2 aromatic carbocycles. The molecule has 4 aromatic rings. The van der Waals surface area contributed by atoms with Gasteiger partial charge >= 0.3 is 6.09 Å². The van der Waals surface area contributed by atoms with Crippen LogP contribution in [0, 0.1) is 5.92 Å². The Bertz CT molecular complexity index is 1640. The van der Waals surface area contributed by atoms with Gasteiger partial charge in [-0.1, -0.05) is 12.1 Å². The first-order valence-electron chi connectivity index (χ1n) is 14.0. The molecule has 0 bridgehead atoms. The van der Waals surface area contributed by atoms with Gasteiger partial charge in [0, 0.05) is 37.6 Å². The van der Waals surface area contributed by atoms with Crippen molar-refractivity contribution < 1.29 is 28.9 Å². The molecule has 2 atom stereocenters. The van der Waals surface area contributed by atoms with Gasteiger partial charge in [-0.2, -0.15) is 0 Å². The number of aliphatic hydroxyl groups is 1. The van der Waals surface area contributed by atoms with E-state index in [9.17, 15) is 19.1 Å². The molecular weight excluding hydrogens is 529 g/mol. The number of benzene rings is 2.